The molecule has 2 rings (SSSR count). The molecule has 1 aromatic heterocycles. The van der Waals surface area contributed by atoms with Gasteiger partial charge in [-0.2, -0.15) is 13.2 Å². The average Bonchev–Trinajstić information content (AvgIpc) is 2.96. The Morgan fingerprint density at radius 1 is 1.24 bits per heavy atom. The molecule has 0 aliphatic heterocycles. The molecule has 2 aromatic rings. The minimum absolute atomic E-state index is 0.108. The second-order valence-electron chi connectivity index (χ2n) is 5.49. The summed E-state index contributed by atoms with van der Waals surface area (Å²) in [5, 5.41) is 1.59. The molecule has 0 fully saturated rings. The monoisotopic (exact) mass is 392 g/mol. The Morgan fingerprint density at radius 2 is 1.84 bits per heavy atom. The third kappa shape index (κ3) is 4.79. The Labute approximate surface area is 146 Å². The number of carbonyl (C=O) groups excluding carboxylic acids is 1. The van der Waals surface area contributed by atoms with E-state index in [-0.39, 0.29) is 16.4 Å². The first-order chi connectivity index (χ1) is 11.5. The summed E-state index contributed by atoms with van der Waals surface area (Å²) in [6.45, 7) is 3.14. The Morgan fingerprint density at radius 3 is 2.32 bits per heavy atom. The highest BCUT2D eigenvalue weighted by Crippen LogP contribution is 2.35. The number of thiazole rings is 1. The van der Waals surface area contributed by atoms with E-state index in [9.17, 15) is 26.4 Å². The molecule has 0 saturated carbocycles. The molecule has 1 heterocycles. The van der Waals surface area contributed by atoms with Crippen LogP contribution < -0.4 is 5.32 Å². The highest BCUT2D eigenvalue weighted by atomic mass is 32.2. The van der Waals surface area contributed by atoms with E-state index in [0.717, 1.165) is 0 Å². The van der Waals surface area contributed by atoms with Crippen LogP contribution in [0.3, 0.4) is 0 Å². The maximum atomic E-state index is 12.5. The van der Waals surface area contributed by atoms with Crippen molar-refractivity contribution >= 4 is 32.2 Å². The molecule has 0 atom stereocenters. The van der Waals surface area contributed by atoms with E-state index in [1.54, 1.807) is 13.8 Å². The van der Waals surface area contributed by atoms with Crippen LogP contribution in [0.4, 0.5) is 18.3 Å². The molecule has 0 saturated heterocycles. The number of aromatic nitrogens is 1. The van der Waals surface area contributed by atoms with Crippen molar-refractivity contribution in [3.63, 3.8) is 0 Å². The predicted molar refractivity (Wildman–Crippen MR) is 88.2 cm³/mol. The predicted octanol–water partition coefficient (Wildman–Crippen LogP) is 3.53. The second-order valence-corrected chi connectivity index (χ2v) is 9.02. The van der Waals surface area contributed by atoms with Gasteiger partial charge in [-0.1, -0.05) is 23.5 Å². The molecule has 0 radical (unpaired) electrons. The lowest BCUT2D eigenvalue weighted by Gasteiger charge is -2.08. The van der Waals surface area contributed by atoms with E-state index in [1.165, 1.54) is 24.3 Å². The maximum Gasteiger partial charge on any atom is 0.427 e. The summed E-state index contributed by atoms with van der Waals surface area (Å²) in [6, 6.07) is 5.81. The van der Waals surface area contributed by atoms with Crippen LogP contribution >= 0.6 is 11.3 Å². The topological polar surface area (TPSA) is 76.1 Å². The van der Waals surface area contributed by atoms with Gasteiger partial charge in [-0.25, -0.2) is 13.4 Å². The van der Waals surface area contributed by atoms with Gasteiger partial charge in [0.25, 0.3) is 0 Å². The maximum absolute atomic E-state index is 12.5. The minimum atomic E-state index is -4.50. The van der Waals surface area contributed by atoms with Crippen molar-refractivity contribution in [1.82, 2.24) is 4.98 Å². The second kappa shape index (κ2) is 7.12. The summed E-state index contributed by atoms with van der Waals surface area (Å²) < 4.78 is 61.5. The van der Waals surface area contributed by atoms with Crippen LogP contribution in [-0.2, 0) is 27.2 Å². The van der Waals surface area contributed by atoms with Crippen molar-refractivity contribution in [3.8, 4) is 0 Å². The van der Waals surface area contributed by atoms with Crippen molar-refractivity contribution in [1.29, 1.82) is 0 Å². The number of nitrogens with one attached hydrogen (secondary N) is 1. The number of benzene rings is 1. The normalized spacial score (nSPS) is 12.4. The number of amides is 1. The number of sulfone groups is 1. The van der Waals surface area contributed by atoms with Crippen molar-refractivity contribution in [2.24, 2.45) is 0 Å². The van der Waals surface area contributed by atoms with E-state index < -0.39 is 32.0 Å². The molecule has 0 aliphatic rings. The molecule has 1 amide bonds. The van der Waals surface area contributed by atoms with Gasteiger partial charge in [0.05, 0.1) is 22.8 Å². The molecule has 1 N–H and O–H groups in total. The number of hydrogen-bond donors (Lipinski definition) is 1. The molecular weight excluding hydrogens is 377 g/mol. The fourth-order valence-electron chi connectivity index (χ4n) is 1.88. The van der Waals surface area contributed by atoms with E-state index in [1.807, 2.05) is 0 Å². The van der Waals surface area contributed by atoms with Gasteiger partial charge in [0.1, 0.15) is 4.88 Å². The van der Waals surface area contributed by atoms with Crippen LogP contribution in [0.15, 0.2) is 35.4 Å². The number of hydrogen-bond acceptors (Lipinski definition) is 5. The summed E-state index contributed by atoms with van der Waals surface area (Å²) >= 11 is 0.340. The zero-order valence-electron chi connectivity index (χ0n) is 13.3. The number of nitrogens with zero attached hydrogens (tertiary/aromatic N) is 1. The average molecular weight is 392 g/mol. The van der Waals surface area contributed by atoms with Gasteiger partial charge >= 0.3 is 6.18 Å². The lowest BCUT2D eigenvalue weighted by molar-refractivity contribution is -0.134. The van der Waals surface area contributed by atoms with Crippen molar-refractivity contribution in [3.05, 3.63) is 40.9 Å². The lowest BCUT2D eigenvalue weighted by Crippen LogP contribution is -2.15. The van der Waals surface area contributed by atoms with Crippen LogP contribution in [0.25, 0.3) is 0 Å². The van der Waals surface area contributed by atoms with Gasteiger partial charge < -0.3 is 5.32 Å². The molecule has 1 aromatic carbocycles. The Kier molecular flexibility index (Phi) is 5.52. The van der Waals surface area contributed by atoms with E-state index in [2.05, 4.69) is 10.3 Å². The molecule has 25 heavy (non-hydrogen) atoms. The number of anilines is 1. The smallest absolute Gasteiger partial charge is 0.302 e. The van der Waals surface area contributed by atoms with Gasteiger partial charge in [0, 0.05) is 0 Å². The zero-order valence-corrected chi connectivity index (χ0v) is 14.9. The van der Waals surface area contributed by atoms with Gasteiger partial charge in [-0.15, -0.1) is 0 Å². The largest absolute Gasteiger partial charge is 0.427 e. The number of carbonyl (C=O) groups is 1. The molecule has 0 unspecified atom stereocenters. The number of alkyl halides is 3. The molecule has 0 spiro atoms. The highest BCUT2D eigenvalue weighted by molar-refractivity contribution is 7.92. The fraction of sp³-hybridized carbons (Fsp3) is 0.333. The summed E-state index contributed by atoms with van der Waals surface area (Å²) in [6.07, 6.45) is -3.95. The SMILES string of the molecule is CC(C)S(=O)(=O)c1ccc(CC(=O)Nc2ncc(C(F)(F)F)s2)cc1. The zero-order chi connectivity index (χ0) is 18.8. The summed E-state index contributed by atoms with van der Waals surface area (Å²) in [5.74, 6) is -0.539. The van der Waals surface area contributed by atoms with E-state index in [4.69, 9.17) is 0 Å². The molecule has 5 nitrogen and oxygen atoms in total. The van der Waals surface area contributed by atoms with Crippen LogP contribution in [0.5, 0.6) is 0 Å². The van der Waals surface area contributed by atoms with Crippen molar-refractivity contribution in [2.75, 3.05) is 5.32 Å². The van der Waals surface area contributed by atoms with Crippen molar-refractivity contribution < 1.29 is 26.4 Å². The number of halogens is 3. The van der Waals surface area contributed by atoms with Crippen molar-refractivity contribution in [2.45, 2.75) is 36.6 Å². The Balaban J connectivity index is 2.03. The molecule has 136 valence electrons. The first-order valence-electron chi connectivity index (χ1n) is 7.16. The fourth-order valence-corrected chi connectivity index (χ4v) is 3.64. The van der Waals surface area contributed by atoms with Crippen LogP contribution in [0.2, 0.25) is 0 Å². The summed E-state index contributed by atoms with van der Waals surface area (Å²) in [4.78, 5) is 14.7. The quantitative estimate of drug-likeness (QED) is 0.845. The first kappa shape index (κ1) is 19.4. The highest BCUT2D eigenvalue weighted by Gasteiger charge is 2.33. The van der Waals surface area contributed by atoms with Crippen LogP contribution in [0.1, 0.15) is 24.3 Å². The Bertz CT molecular complexity index is 857. The van der Waals surface area contributed by atoms with E-state index >= 15 is 0 Å². The van der Waals surface area contributed by atoms with Crippen LogP contribution in [-0.4, -0.2) is 24.6 Å². The molecule has 10 heteroatoms. The molecule has 0 aliphatic carbocycles. The molecule has 0 bridgehead atoms. The first-order valence-corrected chi connectivity index (χ1v) is 9.52. The van der Waals surface area contributed by atoms with Gasteiger partial charge in [-0.05, 0) is 31.5 Å². The third-order valence-corrected chi connectivity index (χ3v) is 6.40. The Hall–Kier alpha value is -1.94. The summed E-state index contributed by atoms with van der Waals surface area (Å²) in [5.41, 5.74) is 0.535. The summed E-state index contributed by atoms with van der Waals surface area (Å²) in [7, 11) is -3.40. The minimum Gasteiger partial charge on any atom is -0.302 e. The standard InChI is InChI=1S/C15H15F3N2O3S2/c1-9(2)25(22,23)11-5-3-10(4-6-11)7-13(21)20-14-19-8-12(24-14)15(16,17)18/h3-6,8-9H,7H2,1-2H3,(H,19,20,21). The third-order valence-electron chi connectivity index (χ3n) is 3.27. The van der Waals surface area contributed by atoms with Gasteiger partial charge in [0.15, 0.2) is 15.0 Å². The lowest BCUT2D eigenvalue weighted by atomic mass is 10.1. The van der Waals surface area contributed by atoms with Gasteiger partial charge in [-0.3, -0.25) is 4.79 Å². The van der Waals surface area contributed by atoms with Crippen LogP contribution in [0, 0.1) is 0 Å². The number of rotatable bonds is 5. The van der Waals surface area contributed by atoms with Gasteiger partial charge in [0.2, 0.25) is 5.91 Å². The molecular formula is C15H15F3N2O3S2. The van der Waals surface area contributed by atoms with E-state index in [0.29, 0.717) is 23.1 Å².